The molecular formula is C11H9BrN2O2. The van der Waals surface area contributed by atoms with Crippen LogP contribution in [0.1, 0.15) is 27.6 Å². The van der Waals surface area contributed by atoms with Gasteiger partial charge in [-0.2, -0.15) is 10.1 Å². The van der Waals surface area contributed by atoms with E-state index in [-0.39, 0.29) is 11.8 Å². The van der Waals surface area contributed by atoms with Crippen LogP contribution in [0, 0.1) is 0 Å². The molecule has 0 fully saturated rings. The second-order valence-corrected chi connectivity index (χ2v) is 4.00. The Labute approximate surface area is 101 Å². The summed E-state index contributed by atoms with van der Waals surface area (Å²) in [6.07, 6.45) is 0. The largest absolute Gasteiger partial charge is 0.282 e. The minimum Gasteiger partial charge on any atom is -0.267 e. The molecule has 0 unspecified atom stereocenters. The molecule has 1 aliphatic rings. The Bertz CT molecular complexity index is 462. The molecule has 1 aliphatic heterocycles. The molecule has 2 amide bonds. The van der Waals surface area contributed by atoms with Crippen LogP contribution < -0.4 is 0 Å². The highest BCUT2D eigenvalue weighted by Crippen LogP contribution is 2.22. The molecule has 0 radical (unpaired) electrons. The summed E-state index contributed by atoms with van der Waals surface area (Å²) >= 11 is 3.22. The van der Waals surface area contributed by atoms with Crippen molar-refractivity contribution >= 4 is 33.5 Å². The lowest BCUT2D eigenvalue weighted by molar-refractivity contribution is 0.0658. The first-order valence-corrected chi connectivity index (χ1v) is 5.85. The highest BCUT2D eigenvalue weighted by molar-refractivity contribution is 9.09. The number of hydrogen-bond donors (Lipinski definition) is 0. The smallest absolute Gasteiger partial charge is 0.267 e. The maximum absolute atomic E-state index is 11.8. The lowest BCUT2D eigenvalue weighted by Gasteiger charge is -2.06. The third-order valence-corrected chi connectivity index (χ3v) is 3.05. The van der Waals surface area contributed by atoms with E-state index in [9.17, 15) is 9.59 Å². The van der Waals surface area contributed by atoms with E-state index in [1.807, 2.05) is 0 Å². The van der Waals surface area contributed by atoms with Gasteiger partial charge < -0.3 is 0 Å². The summed E-state index contributed by atoms with van der Waals surface area (Å²) in [5.41, 5.74) is 1.51. The molecule has 5 heteroatoms. The fourth-order valence-electron chi connectivity index (χ4n) is 1.46. The summed E-state index contributed by atoms with van der Waals surface area (Å²) in [7, 11) is 0. The van der Waals surface area contributed by atoms with Gasteiger partial charge in [-0.1, -0.05) is 28.1 Å². The zero-order valence-electron chi connectivity index (χ0n) is 8.61. The quantitative estimate of drug-likeness (QED) is 0.473. The summed E-state index contributed by atoms with van der Waals surface area (Å²) in [6.45, 7) is 1.75. The Balaban J connectivity index is 2.43. The number of imide groups is 1. The Morgan fingerprint density at radius 1 is 1.25 bits per heavy atom. The van der Waals surface area contributed by atoms with Crippen molar-refractivity contribution in [1.82, 2.24) is 5.01 Å². The van der Waals surface area contributed by atoms with E-state index in [0.717, 1.165) is 5.01 Å². The van der Waals surface area contributed by atoms with Gasteiger partial charge in [0, 0.05) is 11.0 Å². The van der Waals surface area contributed by atoms with Gasteiger partial charge in [-0.3, -0.25) is 9.59 Å². The zero-order chi connectivity index (χ0) is 11.7. The lowest BCUT2D eigenvalue weighted by Crippen LogP contribution is -2.25. The van der Waals surface area contributed by atoms with E-state index in [1.54, 1.807) is 31.2 Å². The van der Waals surface area contributed by atoms with E-state index in [1.165, 1.54) is 0 Å². The summed E-state index contributed by atoms with van der Waals surface area (Å²) < 4.78 is 0. The van der Waals surface area contributed by atoms with Crippen LogP contribution in [0.2, 0.25) is 0 Å². The first-order chi connectivity index (χ1) is 7.65. The fourth-order valence-corrected chi connectivity index (χ4v) is 1.58. The maximum Gasteiger partial charge on any atom is 0.282 e. The number of fused-ring (bicyclic) bond motifs is 1. The third kappa shape index (κ3) is 1.67. The molecule has 1 heterocycles. The van der Waals surface area contributed by atoms with Gasteiger partial charge in [0.25, 0.3) is 11.8 Å². The normalized spacial score (nSPS) is 15.6. The van der Waals surface area contributed by atoms with Crippen LogP contribution in [0.5, 0.6) is 0 Å². The number of carbonyl (C=O) groups is 2. The molecular weight excluding hydrogens is 272 g/mol. The van der Waals surface area contributed by atoms with Crippen LogP contribution in [0.4, 0.5) is 0 Å². The van der Waals surface area contributed by atoms with Crippen molar-refractivity contribution in [2.24, 2.45) is 5.10 Å². The van der Waals surface area contributed by atoms with Crippen LogP contribution in [-0.2, 0) is 0 Å². The van der Waals surface area contributed by atoms with Gasteiger partial charge in [0.05, 0.1) is 11.1 Å². The summed E-state index contributed by atoms with van der Waals surface area (Å²) in [4.78, 5) is 23.7. The minimum atomic E-state index is -0.360. The number of rotatable bonds is 2. The van der Waals surface area contributed by atoms with Crippen molar-refractivity contribution in [3.63, 3.8) is 0 Å². The minimum absolute atomic E-state index is 0.360. The van der Waals surface area contributed by atoms with Crippen LogP contribution in [-0.4, -0.2) is 27.9 Å². The molecule has 1 aromatic rings. The summed E-state index contributed by atoms with van der Waals surface area (Å²) in [6, 6.07) is 6.73. The van der Waals surface area contributed by atoms with Gasteiger partial charge in [-0.05, 0) is 19.1 Å². The van der Waals surface area contributed by atoms with Crippen molar-refractivity contribution in [2.75, 3.05) is 5.33 Å². The highest BCUT2D eigenvalue weighted by Gasteiger charge is 2.35. The molecule has 1 aromatic carbocycles. The molecule has 16 heavy (non-hydrogen) atoms. The predicted octanol–water partition coefficient (Wildman–Crippen LogP) is 2.05. The molecule has 0 bridgehead atoms. The number of halogens is 1. The number of amides is 2. The van der Waals surface area contributed by atoms with Crippen molar-refractivity contribution in [2.45, 2.75) is 6.92 Å². The van der Waals surface area contributed by atoms with Gasteiger partial charge in [0.15, 0.2) is 0 Å². The number of alkyl halides is 1. The molecule has 0 spiro atoms. The lowest BCUT2D eigenvalue weighted by atomic mass is 10.1. The molecule has 0 atom stereocenters. The van der Waals surface area contributed by atoms with E-state index >= 15 is 0 Å². The van der Waals surface area contributed by atoms with Gasteiger partial charge in [0.2, 0.25) is 0 Å². The van der Waals surface area contributed by atoms with Gasteiger partial charge in [-0.15, -0.1) is 0 Å². The average Bonchev–Trinajstić information content (AvgIpc) is 2.55. The molecule has 0 saturated carbocycles. The van der Waals surface area contributed by atoms with Gasteiger partial charge in [-0.25, -0.2) is 0 Å². The molecule has 4 nitrogen and oxygen atoms in total. The topological polar surface area (TPSA) is 49.7 Å². The SMILES string of the molecule is C/C(CBr)=N\N1C(=O)c2ccccc2C1=O. The number of nitrogens with zero attached hydrogens (tertiary/aromatic N) is 2. The van der Waals surface area contributed by atoms with Crippen LogP contribution in [0.3, 0.4) is 0 Å². The average molecular weight is 281 g/mol. The van der Waals surface area contributed by atoms with E-state index in [2.05, 4.69) is 21.0 Å². The maximum atomic E-state index is 11.8. The Morgan fingerprint density at radius 2 is 1.75 bits per heavy atom. The molecule has 0 saturated heterocycles. The second-order valence-electron chi connectivity index (χ2n) is 3.44. The molecule has 0 aromatic heterocycles. The van der Waals surface area contributed by atoms with Gasteiger partial charge >= 0.3 is 0 Å². The molecule has 0 N–H and O–H groups in total. The Kier molecular flexibility index (Phi) is 2.87. The molecule has 2 rings (SSSR count). The van der Waals surface area contributed by atoms with Crippen molar-refractivity contribution in [3.05, 3.63) is 35.4 Å². The van der Waals surface area contributed by atoms with Crippen molar-refractivity contribution < 1.29 is 9.59 Å². The van der Waals surface area contributed by atoms with Crippen molar-refractivity contribution in [1.29, 1.82) is 0 Å². The first-order valence-electron chi connectivity index (χ1n) is 4.73. The third-order valence-electron chi connectivity index (χ3n) is 2.24. The number of hydrogen-bond acceptors (Lipinski definition) is 3. The predicted molar refractivity (Wildman–Crippen MR) is 63.8 cm³/mol. The van der Waals surface area contributed by atoms with E-state index in [4.69, 9.17) is 0 Å². The fraction of sp³-hybridized carbons (Fsp3) is 0.182. The Morgan fingerprint density at radius 3 is 2.19 bits per heavy atom. The van der Waals surface area contributed by atoms with Crippen LogP contribution in [0.25, 0.3) is 0 Å². The highest BCUT2D eigenvalue weighted by atomic mass is 79.9. The van der Waals surface area contributed by atoms with Crippen molar-refractivity contribution in [3.8, 4) is 0 Å². The second kappa shape index (κ2) is 4.17. The summed E-state index contributed by atoms with van der Waals surface area (Å²) in [5, 5.41) is 5.42. The number of benzene rings is 1. The molecule has 82 valence electrons. The molecule has 0 aliphatic carbocycles. The number of carbonyl (C=O) groups excluding carboxylic acids is 2. The van der Waals surface area contributed by atoms with E-state index in [0.29, 0.717) is 22.2 Å². The monoisotopic (exact) mass is 280 g/mol. The van der Waals surface area contributed by atoms with Gasteiger partial charge in [0.1, 0.15) is 0 Å². The summed E-state index contributed by atoms with van der Waals surface area (Å²) in [5.74, 6) is -0.721. The number of hydrazone groups is 1. The first kappa shape index (κ1) is 11.0. The van der Waals surface area contributed by atoms with Crippen LogP contribution in [0.15, 0.2) is 29.4 Å². The van der Waals surface area contributed by atoms with Crippen LogP contribution >= 0.6 is 15.9 Å². The standard InChI is InChI=1S/C11H9BrN2O2/c1-7(6-12)13-14-10(15)8-4-2-3-5-9(8)11(14)16/h2-5H,6H2,1H3/b13-7+. The zero-order valence-corrected chi connectivity index (χ0v) is 10.2. The Hall–Kier alpha value is -1.49. The van der Waals surface area contributed by atoms with E-state index < -0.39 is 0 Å².